The number of hydrogen-bond acceptors (Lipinski definition) is 6. The molecule has 0 unspecified atom stereocenters. The summed E-state index contributed by atoms with van der Waals surface area (Å²) in [6.07, 6.45) is 8.28. The Kier molecular flexibility index (Phi) is 4.71. The van der Waals surface area contributed by atoms with E-state index < -0.39 is 0 Å². The predicted molar refractivity (Wildman–Crippen MR) is 105 cm³/mol. The van der Waals surface area contributed by atoms with Crippen LogP contribution in [-0.4, -0.2) is 51.4 Å². The molecule has 0 aromatic carbocycles. The summed E-state index contributed by atoms with van der Waals surface area (Å²) >= 11 is 0. The first kappa shape index (κ1) is 18.6. The van der Waals surface area contributed by atoms with E-state index in [1.54, 1.807) is 40.4 Å². The van der Waals surface area contributed by atoms with Crippen molar-refractivity contribution in [2.75, 3.05) is 6.54 Å². The minimum absolute atomic E-state index is 0.0930. The highest BCUT2D eigenvalue weighted by molar-refractivity contribution is 5.72. The highest BCUT2D eigenvalue weighted by Crippen LogP contribution is 2.21. The molecule has 4 rings (SSSR count). The first-order chi connectivity index (χ1) is 14.0. The van der Waals surface area contributed by atoms with Crippen LogP contribution in [0.1, 0.15) is 26.8 Å². The Morgan fingerprint density at radius 1 is 1.28 bits per heavy atom. The highest BCUT2D eigenvalue weighted by Gasteiger charge is 2.20. The molecular weight excluding hydrogens is 374 g/mol. The molecule has 0 aliphatic carbocycles. The van der Waals surface area contributed by atoms with Gasteiger partial charge in [0, 0.05) is 25.7 Å². The Labute approximate surface area is 165 Å². The molecule has 150 valence electrons. The van der Waals surface area contributed by atoms with E-state index in [2.05, 4.69) is 25.4 Å². The summed E-state index contributed by atoms with van der Waals surface area (Å²) in [6, 6.07) is -0.120. The lowest BCUT2D eigenvalue weighted by Gasteiger charge is -2.15. The van der Waals surface area contributed by atoms with Crippen molar-refractivity contribution in [3.8, 4) is 22.8 Å². The number of nitrogens with one attached hydrogen (secondary N) is 2. The van der Waals surface area contributed by atoms with Gasteiger partial charge in [-0.15, -0.1) is 5.10 Å². The summed E-state index contributed by atoms with van der Waals surface area (Å²) in [4.78, 5) is 35.5. The summed E-state index contributed by atoms with van der Waals surface area (Å²) < 4.78 is 4.84. The molecule has 4 aromatic rings. The highest BCUT2D eigenvalue weighted by atomic mass is 16.1. The van der Waals surface area contributed by atoms with E-state index in [9.17, 15) is 9.59 Å². The summed E-state index contributed by atoms with van der Waals surface area (Å²) in [5.41, 5.74) is 2.06. The first-order valence-electron chi connectivity index (χ1n) is 9.22. The average molecular weight is 395 g/mol. The van der Waals surface area contributed by atoms with Gasteiger partial charge in [-0.05, 0) is 13.8 Å². The van der Waals surface area contributed by atoms with Crippen LogP contribution in [0.25, 0.3) is 28.4 Å². The van der Waals surface area contributed by atoms with Gasteiger partial charge < -0.3 is 10.3 Å². The molecule has 11 nitrogen and oxygen atoms in total. The Morgan fingerprint density at radius 3 is 2.79 bits per heavy atom. The number of carbonyl (C=O) groups is 1. The molecule has 0 atom stereocenters. The molecule has 29 heavy (non-hydrogen) atoms. The lowest BCUT2D eigenvalue weighted by Crippen LogP contribution is -2.27. The number of fused-ring (bicyclic) bond motifs is 1. The molecule has 0 saturated heterocycles. The van der Waals surface area contributed by atoms with Gasteiger partial charge in [0.15, 0.2) is 5.82 Å². The normalized spacial score (nSPS) is 11.4. The Balaban J connectivity index is 1.82. The largest absolute Gasteiger partial charge is 0.354 e. The third-order valence-electron chi connectivity index (χ3n) is 4.47. The van der Waals surface area contributed by atoms with Crippen LogP contribution < -0.4 is 10.9 Å². The van der Waals surface area contributed by atoms with Gasteiger partial charge in [-0.25, -0.2) is 14.5 Å². The van der Waals surface area contributed by atoms with Crippen molar-refractivity contribution in [2.45, 2.75) is 33.4 Å². The maximum atomic E-state index is 13.1. The van der Waals surface area contributed by atoms with Crippen molar-refractivity contribution in [2.24, 2.45) is 0 Å². The number of rotatable bonds is 6. The van der Waals surface area contributed by atoms with Crippen LogP contribution >= 0.6 is 0 Å². The molecule has 0 spiro atoms. The van der Waals surface area contributed by atoms with E-state index in [0.29, 0.717) is 35.9 Å². The lowest BCUT2D eigenvalue weighted by molar-refractivity contribution is -0.118. The van der Waals surface area contributed by atoms with Gasteiger partial charge >= 0.3 is 0 Å². The summed E-state index contributed by atoms with van der Waals surface area (Å²) in [5.74, 6) is 0.395. The molecule has 0 fully saturated rings. The molecule has 4 heterocycles. The van der Waals surface area contributed by atoms with Gasteiger partial charge in [0.25, 0.3) is 5.56 Å². The molecule has 0 bridgehead atoms. The smallest absolute Gasteiger partial charge is 0.297 e. The van der Waals surface area contributed by atoms with E-state index in [0.717, 1.165) is 0 Å². The van der Waals surface area contributed by atoms with Crippen LogP contribution in [0, 0.1) is 0 Å². The zero-order chi connectivity index (χ0) is 20.5. The number of nitrogens with zero attached hydrogens (tertiary/aromatic N) is 7. The molecule has 11 heteroatoms. The third-order valence-corrected chi connectivity index (χ3v) is 4.47. The molecule has 0 aliphatic heterocycles. The number of amides is 1. The average Bonchev–Trinajstić information content (AvgIpc) is 3.41. The van der Waals surface area contributed by atoms with Gasteiger partial charge in [-0.3, -0.25) is 18.8 Å². The van der Waals surface area contributed by atoms with Crippen molar-refractivity contribution < 1.29 is 4.79 Å². The number of aromatic nitrogens is 8. The van der Waals surface area contributed by atoms with Gasteiger partial charge in [-0.2, -0.15) is 5.10 Å². The molecule has 2 N–H and O–H groups in total. The summed E-state index contributed by atoms with van der Waals surface area (Å²) in [7, 11) is 0. The number of imidazole rings is 2. The lowest BCUT2D eigenvalue weighted by atomic mass is 10.3. The number of hydrogen-bond donors (Lipinski definition) is 2. The van der Waals surface area contributed by atoms with E-state index in [4.69, 9.17) is 5.10 Å². The van der Waals surface area contributed by atoms with Crippen molar-refractivity contribution in [1.82, 2.24) is 44.2 Å². The predicted octanol–water partition coefficient (Wildman–Crippen LogP) is 0.862. The minimum atomic E-state index is -0.234. The van der Waals surface area contributed by atoms with Crippen molar-refractivity contribution in [3.63, 3.8) is 0 Å². The van der Waals surface area contributed by atoms with E-state index in [1.165, 1.54) is 11.4 Å². The molecular formula is C18H21N9O2. The Bertz CT molecular complexity index is 1210. The zero-order valence-corrected chi connectivity index (χ0v) is 16.3. The maximum Gasteiger partial charge on any atom is 0.297 e. The molecule has 4 aromatic heterocycles. The van der Waals surface area contributed by atoms with Crippen LogP contribution in [0.4, 0.5) is 0 Å². The second-order valence-corrected chi connectivity index (χ2v) is 6.91. The van der Waals surface area contributed by atoms with Crippen LogP contribution in [0.2, 0.25) is 0 Å². The van der Waals surface area contributed by atoms with Crippen LogP contribution in [0.15, 0.2) is 35.9 Å². The van der Waals surface area contributed by atoms with Crippen molar-refractivity contribution in [1.29, 1.82) is 0 Å². The third kappa shape index (κ3) is 3.42. The van der Waals surface area contributed by atoms with Crippen LogP contribution in [0.3, 0.4) is 0 Å². The molecule has 0 radical (unpaired) electrons. The monoisotopic (exact) mass is 395 g/mol. The Morgan fingerprint density at radius 2 is 2.10 bits per heavy atom. The molecule has 0 aliphatic rings. The minimum Gasteiger partial charge on any atom is -0.354 e. The second kappa shape index (κ2) is 7.34. The fourth-order valence-corrected chi connectivity index (χ4v) is 3.14. The van der Waals surface area contributed by atoms with Crippen LogP contribution in [-0.2, 0) is 11.3 Å². The topological polar surface area (TPSA) is 128 Å². The fraction of sp³-hybridized carbons (Fsp3) is 0.333. The number of H-pyrrole nitrogens is 1. The van der Waals surface area contributed by atoms with E-state index >= 15 is 0 Å². The fourth-order valence-electron chi connectivity index (χ4n) is 3.14. The number of aromatic amines is 1. The summed E-state index contributed by atoms with van der Waals surface area (Å²) in [6.45, 7) is 6.28. The quantitative estimate of drug-likeness (QED) is 0.498. The van der Waals surface area contributed by atoms with E-state index in [-0.39, 0.29) is 23.2 Å². The molecule has 0 saturated carbocycles. The van der Waals surface area contributed by atoms with E-state index in [1.807, 2.05) is 13.8 Å². The number of carbonyl (C=O) groups excluding carboxylic acids is 1. The van der Waals surface area contributed by atoms with Gasteiger partial charge in [0.2, 0.25) is 11.6 Å². The maximum absolute atomic E-state index is 13.1. The Hall–Kier alpha value is -3.76. The van der Waals surface area contributed by atoms with Crippen molar-refractivity contribution in [3.05, 3.63) is 41.5 Å². The molecule has 1 amide bonds. The van der Waals surface area contributed by atoms with Crippen molar-refractivity contribution >= 4 is 11.6 Å². The van der Waals surface area contributed by atoms with Crippen LogP contribution in [0.5, 0.6) is 0 Å². The standard InChI is InChI=1S/C18H21N9O2/c1-11(2)26-16(13-6-23-25(9-13)5-4-20-12(3)28)24-27-15(14-7-19-10-22-14)8-21-17(27)18(26)29/h6-11H,4-5H2,1-3H3,(H,19,22)(H,20,28). The summed E-state index contributed by atoms with van der Waals surface area (Å²) in [5, 5.41) is 11.8. The van der Waals surface area contributed by atoms with Gasteiger partial charge in [-0.1, -0.05) is 0 Å². The van der Waals surface area contributed by atoms with Gasteiger partial charge in [0.1, 0.15) is 5.69 Å². The van der Waals surface area contributed by atoms with Gasteiger partial charge in [0.05, 0.1) is 42.7 Å². The SMILES string of the molecule is CC(=O)NCCn1cc(-c2nn3c(-c4cnc[nH]4)cnc3c(=O)n2C(C)C)cn1. The second-order valence-electron chi connectivity index (χ2n) is 6.91. The zero-order valence-electron chi connectivity index (χ0n) is 16.3. The first-order valence-corrected chi connectivity index (χ1v) is 9.22.